The minimum atomic E-state index is -0.359. The third-order valence-electron chi connectivity index (χ3n) is 2.56. The molecule has 0 saturated carbocycles. The molecule has 0 aliphatic rings. The molecule has 0 spiro atoms. The van der Waals surface area contributed by atoms with Gasteiger partial charge >= 0.3 is 6.03 Å². The number of azo groups is 1. The van der Waals surface area contributed by atoms with Gasteiger partial charge in [-0.1, -0.05) is 18.2 Å². The number of anilines is 1. The van der Waals surface area contributed by atoms with E-state index in [4.69, 9.17) is 5.11 Å². The molecule has 3 N–H and O–H groups in total. The van der Waals surface area contributed by atoms with Gasteiger partial charge in [0.25, 0.3) is 0 Å². The zero-order valence-electron chi connectivity index (χ0n) is 11.4. The van der Waals surface area contributed by atoms with Crippen LogP contribution >= 0.6 is 0 Å². The smallest absolute Gasteiger partial charge is 0.319 e. The van der Waals surface area contributed by atoms with Crippen LogP contribution in [-0.2, 0) is 0 Å². The zero-order valence-corrected chi connectivity index (χ0v) is 11.4. The lowest BCUT2D eigenvalue weighted by molar-refractivity contribution is 0.245. The summed E-state index contributed by atoms with van der Waals surface area (Å²) in [6, 6.07) is 16.1. The Labute approximate surface area is 122 Å². The molecule has 0 saturated heterocycles. The number of urea groups is 1. The molecule has 21 heavy (non-hydrogen) atoms. The lowest BCUT2D eigenvalue weighted by atomic mass is 10.3. The fraction of sp³-hybridized carbons (Fsp3) is 0.133. The van der Waals surface area contributed by atoms with Gasteiger partial charge in [0.15, 0.2) is 0 Å². The highest BCUT2D eigenvalue weighted by Gasteiger charge is 2.00. The van der Waals surface area contributed by atoms with E-state index in [9.17, 15) is 4.79 Å². The van der Waals surface area contributed by atoms with Crippen LogP contribution in [0.2, 0.25) is 0 Å². The summed E-state index contributed by atoms with van der Waals surface area (Å²) >= 11 is 0. The van der Waals surface area contributed by atoms with E-state index in [-0.39, 0.29) is 19.2 Å². The first kappa shape index (κ1) is 14.7. The molecule has 0 fully saturated rings. The minimum absolute atomic E-state index is 0.0910. The highest BCUT2D eigenvalue weighted by molar-refractivity contribution is 5.89. The van der Waals surface area contributed by atoms with Crippen LogP contribution < -0.4 is 10.6 Å². The maximum Gasteiger partial charge on any atom is 0.319 e. The Balaban J connectivity index is 1.93. The SMILES string of the molecule is O=C(NCCO)Nc1ccc(N=Nc2ccccc2)cc1. The van der Waals surface area contributed by atoms with Gasteiger partial charge < -0.3 is 15.7 Å². The number of hydrogen-bond donors (Lipinski definition) is 3. The summed E-state index contributed by atoms with van der Waals surface area (Å²) in [6.45, 7) is 0.126. The molecule has 0 bridgehead atoms. The number of nitrogens with one attached hydrogen (secondary N) is 2. The average Bonchev–Trinajstić information content (AvgIpc) is 2.53. The molecule has 0 atom stereocenters. The second-order valence-electron chi connectivity index (χ2n) is 4.19. The summed E-state index contributed by atoms with van der Waals surface area (Å²) in [5.41, 5.74) is 2.12. The Bertz CT molecular complexity index is 597. The van der Waals surface area contributed by atoms with E-state index < -0.39 is 0 Å². The summed E-state index contributed by atoms with van der Waals surface area (Å²) in [7, 11) is 0. The quantitative estimate of drug-likeness (QED) is 0.736. The molecule has 0 aliphatic heterocycles. The molecule has 108 valence electrons. The number of amides is 2. The summed E-state index contributed by atoms with van der Waals surface area (Å²) < 4.78 is 0. The standard InChI is InChI=1S/C15H16N4O2/c20-11-10-16-15(21)17-12-6-8-14(9-7-12)19-18-13-4-2-1-3-5-13/h1-9,20H,10-11H2,(H2,16,17,21). The normalized spacial score (nSPS) is 10.5. The van der Waals surface area contributed by atoms with Crippen molar-refractivity contribution in [2.24, 2.45) is 10.2 Å². The number of aliphatic hydroxyl groups is 1. The van der Waals surface area contributed by atoms with Crippen LogP contribution in [0.25, 0.3) is 0 Å². The Kier molecular flexibility index (Phi) is 5.42. The predicted molar refractivity (Wildman–Crippen MR) is 81.2 cm³/mol. The predicted octanol–water partition coefficient (Wildman–Crippen LogP) is 3.22. The summed E-state index contributed by atoms with van der Waals surface area (Å²) in [5.74, 6) is 0. The summed E-state index contributed by atoms with van der Waals surface area (Å²) in [5, 5.41) is 22.0. The van der Waals surface area contributed by atoms with Crippen LogP contribution in [0.3, 0.4) is 0 Å². The molecule has 2 aromatic carbocycles. The second kappa shape index (κ2) is 7.76. The van der Waals surface area contributed by atoms with E-state index >= 15 is 0 Å². The third kappa shape index (κ3) is 5.04. The fourth-order valence-corrected chi connectivity index (χ4v) is 1.57. The average molecular weight is 284 g/mol. The van der Waals surface area contributed by atoms with Crippen LogP contribution in [0.15, 0.2) is 64.8 Å². The summed E-state index contributed by atoms with van der Waals surface area (Å²) in [4.78, 5) is 11.4. The van der Waals surface area contributed by atoms with Gasteiger partial charge in [0.2, 0.25) is 0 Å². The highest BCUT2D eigenvalue weighted by Crippen LogP contribution is 2.19. The largest absolute Gasteiger partial charge is 0.395 e. The number of hydrogen-bond acceptors (Lipinski definition) is 4. The molecule has 2 amide bonds. The number of benzene rings is 2. The molecule has 0 unspecified atom stereocenters. The summed E-state index contributed by atoms with van der Waals surface area (Å²) in [6.07, 6.45) is 0. The van der Waals surface area contributed by atoms with Gasteiger partial charge in [-0.25, -0.2) is 4.79 Å². The van der Waals surface area contributed by atoms with Crippen LogP contribution in [0.5, 0.6) is 0 Å². The van der Waals surface area contributed by atoms with Crippen molar-refractivity contribution in [3.8, 4) is 0 Å². The molecule has 0 aromatic heterocycles. The Hall–Kier alpha value is -2.73. The van der Waals surface area contributed by atoms with Crippen molar-refractivity contribution in [2.75, 3.05) is 18.5 Å². The van der Waals surface area contributed by atoms with E-state index in [0.29, 0.717) is 11.4 Å². The first-order valence-electron chi connectivity index (χ1n) is 6.50. The molecule has 0 radical (unpaired) electrons. The monoisotopic (exact) mass is 284 g/mol. The van der Waals surface area contributed by atoms with E-state index in [1.165, 1.54) is 0 Å². The first-order valence-corrected chi connectivity index (χ1v) is 6.50. The molecular formula is C15H16N4O2. The molecule has 0 aliphatic carbocycles. The lowest BCUT2D eigenvalue weighted by Crippen LogP contribution is -2.30. The topological polar surface area (TPSA) is 86.1 Å². The maximum absolute atomic E-state index is 11.4. The van der Waals surface area contributed by atoms with Crippen molar-refractivity contribution in [3.05, 3.63) is 54.6 Å². The number of carbonyl (C=O) groups excluding carboxylic acids is 1. The van der Waals surface area contributed by atoms with Crippen molar-refractivity contribution in [1.29, 1.82) is 0 Å². The number of rotatable bonds is 5. The molecule has 6 nitrogen and oxygen atoms in total. The van der Waals surface area contributed by atoms with E-state index in [0.717, 1.165) is 5.69 Å². The molecule has 2 rings (SSSR count). The maximum atomic E-state index is 11.4. The Morgan fingerprint density at radius 3 is 2.19 bits per heavy atom. The van der Waals surface area contributed by atoms with E-state index in [1.54, 1.807) is 24.3 Å². The number of aliphatic hydroxyl groups excluding tert-OH is 1. The van der Waals surface area contributed by atoms with Gasteiger partial charge in [-0.05, 0) is 36.4 Å². The van der Waals surface area contributed by atoms with Crippen molar-refractivity contribution in [2.45, 2.75) is 0 Å². The van der Waals surface area contributed by atoms with Gasteiger partial charge in [-0.2, -0.15) is 10.2 Å². The van der Waals surface area contributed by atoms with Crippen molar-refractivity contribution >= 4 is 23.1 Å². The molecule has 2 aromatic rings. The fourth-order valence-electron chi connectivity index (χ4n) is 1.57. The van der Waals surface area contributed by atoms with Crippen LogP contribution in [0.4, 0.5) is 21.9 Å². The Morgan fingerprint density at radius 1 is 0.952 bits per heavy atom. The second-order valence-corrected chi connectivity index (χ2v) is 4.19. The molecule has 0 heterocycles. The van der Waals surface area contributed by atoms with Gasteiger partial charge in [0.1, 0.15) is 0 Å². The van der Waals surface area contributed by atoms with Gasteiger partial charge in [-0.3, -0.25) is 0 Å². The molecular weight excluding hydrogens is 268 g/mol. The lowest BCUT2D eigenvalue weighted by Gasteiger charge is -2.06. The van der Waals surface area contributed by atoms with Gasteiger partial charge in [-0.15, -0.1) is 0 Å². The third-order valence-corrected chi connectivity index (χ3v) is 2.56. The highest BCUT2D eigenvalue weighted by atomic mass is 16.3. The van der Waals surface area contributed by atoms with Crippen LogP contribution in [0, 0.1) is 0 Å². The molecule has 6 heteroatoms. The van der Waals surface area contributed by atoms with Gasteiger partial charge in [0, 0.05) is 12.2 Å². The minimum Gasteiger partial charge on any atom is -0.395 e. The van der Waals surface area contributed by atoms with Gasteiger partial charge in [0.05, 0.1) is 18.0 Å². The van der Waals surface area contributed by atoms with E-state index in [2.05, 4.69) is 20.9 Å². The van der Waals surface area contributed by atoms with E-state index in [1.807, 2.05) is 30.3 Å². The van der Waals surface area contributed by atoms with Crippen molar-refractivity contribution in [1.82, 2.24) is 5.32 Å². The van der Waals surface area contributed by atoms with Crippen LogP contribution in [-0.4, -0.2) is 24.3 Å². The zero-order chi connectivity index (χ0) is 14.9. The first-order chi connectivity index (χ1) is 10.3. The van der Waals surface area contributed by atoms with Crippen molar-refractivity contribution in [3.63, 3.8) is 0 Å². The number of carbonyl (C=O) groups is 1. The van der Waals surface area contributed by atoms with Crippen LogP contribution in [0.1, 0.15) is 0 Å². The number of nitrogens with zero attached hydrogens (tertiary/aromatic N) is 2. The van der Waals surface area contributed by atoms with Crippen molar-refractivity contribution < 1.29 is 9.90 Å². The Morgan fingerprint density at radius 2 is 1.57 bits per heavy atom.